The highest BCUT2D eigenvalue weighted by molar-refractivity contribution is 5.96. The van der Waals surface area contributed by atoms with Crippen LogP contribution in [0.2, 0.25) is 0 Å². The molecule has 1 atom stereocenters. The van der Waals surface area contributed by atoms with Crippen molar-refractivity contribution in [2.45, 2.75) is 58.9 Å². The Bertz CT molecular complexity index is 716. The Kier molecular flexibility index (Phi) is 4.73. The van der Waals surface area contributed by atoms with Crippen LogP contribution in [-0.2, 0) is 6.42 Å². The molecule has 0 aliphatic carbocycles. The predicted molar refractivity (Wildman–Crippen MR) is 91.1 cm³/mol. The molecule has 2 aromatic rings. The van der Waals surface area contributed by atoms with Crippen LogP contribution >= 0.6 is 0 Å². The summed E-state index contributed by atoms with van der Waals surface area (Å²) in [6.45, 7) is 9.50. The number of aromatic nitrogens is 3. The number of rotatable bonds is 4. The Morgan fingerprint density at radius 2 is 2.25 bits per heavy atom. The molecule has 130 valence electrons. The van der Waals surface area contributed by atoms with Gasteiger partial charge in [-0.25, -0.2) is 4.98 Å². The van der Waals surface area contributed by atoms with Crippen molar-refractivity contribution in [2.24, 2.45) is 0 Å². The Hall–Kier alpha value is -2.11. The normalized spacial score (nSPS) is 18.4. The summed E-state index contributed by atoms with van der Waals surface area (Å²) >= 11 is 0. The summed E-state index contributed by atoms with van der Waals surface area (Å²) < 4.78 is 7.62. The van der Waals surface area contributed by atoms with E-state index in [2.05, 4.69) is 21.6 Å². The van der Waals surface area contributed by atoms with Gasteiger partial charge in [0.05, 0.1) is 11.7 Å². The zero-order valence-electron chi connectivity index (χ0n) is 15.0. The van der Waals surface area contributed by atoms with E-state index in [1.807, 2.05) is 38.1 Å². The highest BCUT2D eigenvalue weighted by Crippen LogP contribution is 2.28. The van der Waals surface area contributed by atoms with Crippen LogP contribution in [0.15, 0.2) is 16.9 Å². The molecule has 1 fully saturated rings. The lowest BCUT2D eigenvalue weighted by Gasteiger charge is -2.34. The molecule has 0 radical (unpaired) electrons. The van der Waals surface area contributed by atoms with Crippen molar-refractivity contribution in [2.75, 3.05) is 13.1 Å². The zero-order valence-corrected chi connectivity index (χ0v) is 15.0. The van der Waals surface area contributed by atoms with Crippen LogP contribution < -0.4 is 0 Å². The molecule has 1 saturated heterocycles. The van der Waals surface area contributed by atoms with Crippen LogP contribution in [0.4, 0.5) is 0 Å². The Labute approximate surface area is 142 Å². The molecule has 0 N–H and O–H groups in total. The van der Waals surface area contributed by atoms with Gasteiger partial charge in [0.25, 0.3) is 5.91 Å². The molecular formula is C18H26N4O2. The van der Waals surface area contributed by atoms with Gasteiger partial charge in [-0.3, -0.25) is 4.79 Å². The second-order valence-corrected chi connectivity index (χ2v) is 6.81. The summed E-state index contributed by atoms with van der Waals surface area (Å²) in [5.74, 6) is 1.96. The molecule has 0 bridgehead atoms. The van der Waals surface area contributed by atoms with Crippen molar-refractivity contribution in [1.29, 1.82) is 0 Å². The van der Waals surface area contributed by atoms with E-state index in [9.17, 15) is 4.79 Å². The van der Waals surface area contributed by atoms with Crippen molar-refractivity contribution >= 4 is 5.91 Å². The third kappa shape index (κ3) is 2.97. The van der Waals surface area contributed by atoms with Crippen molar-refractivity contribution in [3.63, 3.8) is 0 Å². The maximum Gasteiger partial charge on any atom is 0.259 e. The quantitative estimate of drug-likeness (QED) is 0.862. The van der Waals surface area contributed by atoms with Gasteiger partial charge in [-0.15, -0.1) is 0 Å². The number of hydrogen-bond acceptors (Lipinski definition) is 4. The number of aryl methyl sites for hydroxylation is 2. The van der Waals surface area contributed by atoms with E-state index < -0.39 is 0 Å². The average Bonchev–Trinajstić information content (AvgIpc) is 3.20. The van der Waals surface area contributed by atoms with E-state index in [4.69, 9.17) is 4.52 Å². The van der Waals surface area contributed by atoms with Crippen LogP contribution in [0.25, 0.3) is 0 Å². The number of imidazole rings is 1. The minimum atomic E-state index is 0.0420. The molecule has 2 aromatic heterocycles. The summed E-state index contributed by atoms with van der Waals surface area (Å²) in [5.41, 5.74) is 1.33. The lowest BCUT2D eigenvalue weighted by Crippen LogP contribution is -2.41. The maximum absolute atomic E-state index is 13.1. The molecule has 0 spiro atoms. The van der Waals surface area contributed by atoms with Crippen LogP contribution in [0, 0.1) is 6.92 Å². The van der Waals surface area contributed by atoms with Gasteiger partial charge < -0.3 is 14.0 Å². The summed E-state index contributed by atoms with van der Waals surface area (Å²) in [4.78, 5) is 19.4. The first kappa shape index (κ1) is 16.7. The van der Waals surface area contributed by atoms with Crippen LogP contribution in [-0.4, -0.2) is 38.6 Å². The second kappa shape index (κ2) is 6.79. The Balaban J connectivity index is 1.83. The third-order valence-corrected chi connectivity index (χ3v) is 4.77. The second-order valence-electron chi connectivity index (χ2n) is 6.81. The van der Waals surface area contributed by atoms with Gasteiger partial charge >= 0.3 is 0 Å². The topological polar surface area (TPSA) is 64.2 Å². The van der Waals surface area contributed by atoms with Gasteiger partial charge in [0.2, 0.25) is 0 Å². The fraction of sp³-hybridized carbons (Fsp3) is 0.611. The fourth-order valence-electron chi connectivity index (χ4n) is 3.52. The highest BCUT2D eigenvalue weighted by Gasteiger charge is 2.31. The summed E-state index contributed by atoms with van der Waals surface area (Å²) in [5, 5.41) is 4.01. The first-order valence-corrected chi connectivity index (χ1v) is 8.80. The minimum absolute atomic E-state index is 0.0420. The van der Waals surface area contributed by atoms with Crippen molar-refractivity contribution in [1.82, 2.24) is 19.6 Å². The molecule has 3 heterocycles. The SMILES string of the molecule is CCc1nccn1C1CCCN(C(=O)c2c(C)noc2C(C)C)C1. The first-order chi connectivity index (χ1) is 11.5. The Morgan fingerprint density at radius 1 is 1.46 bits per heavy atom. The summed E-state index contributed by atoms with van der Waals surface area (Å²) in [7, 11) is 0. The molecule has 1 amide bonds. The number of likely N-dealkylation sites (tertiary alicyclic amines) is 1. The van der Waals surface area contributed by atoms with E-state index in [1.165, 1.54) is 0 Å². The molecule has 0 saturated carbocycles. The largest absolute Gasteiger partial charge is 0.360 e. The molecule has 1 aliphatic rings. The highest BCUT2D eigenvalue weighted by atomic mass is 16.5. The lowest BCUT2D eigenvalue weighted by molar-refractivity contribution is 0.0674. The van der Waals surface area contributed by atoms with E-state index in [1.54, 1.807) is 0 Å². The van der Waals surface area contributed by atoms with Gasteiger partial charge in [0.1, 0.15) is 11.4 Å². The third-order valence-electron chi connectivity index (χ3n) is 4.77. The molecule has 1 unspecified atom stereocenters. The van der Waals surface area contributed by atoms with Gasteiger partial charge in [0, 0.05) is 37.8 Å². The number of carbonyl (C=O) groups excluding carboxylic acids is 1. The molecule has 3 rings (SSSR count). The number of amides is 1. The molecule has 0 aromatic carbocycles. The molecule has 6 heteroatoms. The fourth-order valence-corrected chi connectivity index (χ4v) is 3.52. The van der Waals surface area contributed by atoms with Gasteiger partial charge in [-0.2, -0.15) is 0 Å². The summed E-state index contributed by atoms with van der Waals surface area (Å²) in [6.07, 6.45) is 6.86. The van der Waals surface area contributed by atoms with Crippen molar-refractivity contribution in [3.8, 4) is 0 Å². The molecule has 1 aliphatic heterocycles. The number of nitrogens with zero attached hydrogens (tertiary/aromatic N) is 4. The van der Waals surface area contributed by atoms with Gasteiger partial charge in [0.15, 0.2) is 5.76 Å². The maximum atomic E-state index is 13.1. The van der Waals surface area contributed by atoms with Gasteiger partial charge in [-0.1, -0.05) is 25.9 Å². The predicted octanol–water partition coefficient (Wildman–Crippen LogP) is 3.34. The number of piperidine rings is 1. The van der Waals surface area contributed by atoms with Crippen LogP contribution in [0.3, 0.4) is 0 Å². The van der Waals surface area contributed by atoms with Crippen molar-refractivity contribution < 1.29 is 9.32 Å². The van der Waals surface area contributed by atoms with Gasteiger partial charge in [-0.05, 0) is 19.8 Å². The molecule has 24 heavy (non-hydrogen) atoms. The van der Waals surface area contributed by atoms with E-state index in [0.29, 0.717) is 29.6 Å². The average molecular weight is 330 g/mol. The number of carbonyl (C=O) groups is 1. The Morgan fingerprint density at radius 3 is 2.96 bits per heavy atom. The van der Waals surface area contributed by atoms with E-state index in [0.717, 1.165) is 31.6 Å². The smallest absolute Gasteiger partial charge is 0.259 e. The monoisotopic (exact) mass is 330 g/mol. The summed E-state index contributed by atoms with van der Waals surface area (Å²) in [6, 6.07) is 0.294. The minimum Gasteiger partial charge on any atom is -0.360 e. The molecule has 6 nitrogen and oxygen atoms in total. The first-order valence-electron chi connectivity index (χ1n) is 8.80. The van der Waals surface area contributed by atoms with Crippen molar-refractivity contribution in [3.05, 3.63) is 35.2 Å². The van der Waals surface area contributed by atoms with E-state index >= 15 is 0 Å². The number of hydrogen-bond donors (Lipinski definition) is 0. The van der Waals surface area contributed by atoms with E-state index in [-0.39, 0.29) is 11.8 Å². The lowest BCUT2D eigenvalue weighted by atomic mass is 10.0. The van der Waals surface area contributed by atoms with Crippen LogP contribution in [0.1, 0.15) is 73.2 Å². The zero-order chi connectivity index (χ0) is 17.3. The molecular weight excluding hydrogens is 304 g/mol. The standard InChI is InChI=1S/C18H26N4O2/c1-5-15-19-8-10-22(15)14-7-6-9-21(11-14)18(23)16-13(4)20-24-17(16)12(2)3/h8,10,12,14H,5-7,9,11H2,1-4H3. The van der Waals surface area contributed by atoms with Crippen LogP contribution in [0.5, 0.6) is 0 Å².